The van der Waals surface area contributed by atoms with Crippen LogP contribution in [0.3, 0.4) is 0 Å². The van der Waals surface area contributed by atoms with Gasteiger partial charge in [-0.05, 0) is 67.9 Å². The fraction of sp³-hybridized carbons (Fsp3) is 0.114. The van der Waals surface area contributed by atoms with Crippen molar-refractivity contribution in [2.24, 2.45) is 0 Å². The lowest BCUT2D eigenvalue weighted by molar-refractivity contribution is 0.0968. The van der Waals surface area contributed by atoms with Crippen LogP contribution in [0.2, 0.25) is 5.02 Å². The van der Waals surface area contributed by atoms with Crippen LogP contribution in [0, 0.1) is 13.8 Å². The minimum absolute atomic E-state index is 0.000106. The SMILES string of the molecule is Cc1ccc(NS(=O)(=O)c2ccc3c(c2)C(=O)N(c2ccc(C)cc2)[C@@H](c2ccccc2Cl)N3Cc2ccccc2)cc1. The molecule has 0 saturated carbocycles. The Labute approximate surface area is 257 Å². The summed E-state index contributed by atoms with van der Waals surface area (Å²) in [5, 5.41) is 0.528. The molecule has 216 valence electrons. The van der Waals surface area contributed by atoms with Crippen LogP contribution in [0.1, 0.15) is 38.8 Å². The van der Waals surface area contributed by atoms with Crippen molar-refractivity contribution in [3.63, 3.8) is 0 Å². The van der Waals surface area contributed by atoms with Gasteiger partial charge in [0, 0.05) is 28.5 Å². The zero-order valence-corrected chi connectivity index (χ0v) is 25.3. The van der Waals surface area contributed by atoms with E-state index in [-0.39, 0.29) is 16.4 Å². The maximum absolute atomic E-state index is 14.5. The number of nitrogens with zero attached hydrogens (tertiary/aromatic N) is 2. The fourth-order valence-corrected chi connectivity index (χ4v) is 6.68. The number of carbonyl (C=O) groups excluding carboxylic acids is 1. The second-order valence-corrected chi connectivity index (χ2v) is 12.8. The number of aryl methyl sites for hydroxylation is 2. The van der Waals surface area contributed by atoms with E-state index in [0.717, 1.165) is 22.3 Å². The Morgan fingerprint density at radius 1 is 0.767 bits per heavy atom. The molecule has 0 aromatic heterocycles. The molecule has 6 rings (SSSR count). The molecule has 0 spiro atoms. The second kappa shape index (κ2) is 11.6. The van der Waals surface area contributed by atoms with E-state index < -0.39 is 16.2 Å². The van der Waals surface area contributed by atoms with Gasteiger partial charge in [0.2, 0.25) is 0 Å². The van der Waals surface area contributed by atoms with Crippen molar-refractivity contribution < 1.29 is 13.2 Å². The van der Waals surface area contributed by atoms with Crippen LogP contribution in [0.5, 0.6) is 0 Å². The van der Waals surface area contributed by atoms with Gasteiger partial charge in [-0.2, -0.15) is 0 Å². The van der Waals surface area contributed by atoms with Crippen molar-refractivity contribution in [1.29, 1.82) is 0 Å². The molecular weight excluding hydrogens is 578 g/mol. The summed E-state index contributed by atoms with van der Waals surface area (Å²) in [7, 11) is -3.98. The van der Waals surface area contributed by atoms with Gasteiger partial charge in [-0.3, -0.25) is 14.4 Å². The summed E-state index contributed by atoms with van der Waals surface area (Å²) < 4.78 is 29.6. The molecule has 1 heterocycles. The van der Waals surface area contributed by atoms with Gasteiger partial charge in [0.05, 0.1) is 16.1 Å². The van der Waals surface area contributed by atoms with E-state index in [9.17, 15) is 13.2 Å². The topological polar surface area (TPSA) is 69.7 Å². The van der Waals surface area contributed by atoms with Gasteiger partial charge in [0.1, 0.15) is 6.17 Å². The van der Waals surface area contributed by atoms with Crippen LogP contribution in [0.4, 0.5) is 17.1 Å². The van der Waals surface area contributed by atoms with Gasteiger partial charge in [0.15, 0.2) is 0 Å². The lowest BCUT2D eigenvalue weighted by Crippen LogP contribution is -2.49. The molecule has 1 aliphatic rings. The second-order valence-electron chi connectivity index (χ2n) is 10.7. The minimum Gasteiger partial charge on any atom is -0.342 e. The van der Waals surface area contributed by atoms with Gasteiger partial charge < -0.3 is 4.90 Å². The molecular formula is C35H30ClN3O3S. The number of carbonyl (C=O) groups is 1. The van der Waals surface area contributed by atoms with E-state index in [1.807, 2.05) is 105 Å². The summed E-state index contributed by atoms with van der Waals surface area (Å²) in [5.74, 6) is -0.319. The van der Waals surface area contributed by atoms with Gasteiger partial charge in [0.25, 0.3) is 15.9 Å². The van der Waals surface area contributed by atoms with E-state index in [1.165, 1.54) is 6.07 Å². The fourth-order valence-electron chi connectivity index (χ4n) is 5.36. The summed E-state index contributed by atoms with van der Waals surface area (Å²) in [4.78, 5) is 18.3. The number of benzene rings is 5. The third-order valence-electron chi connectivity index (χ3n) is 7.57. The highest BCUT2D eigenvalue weighted by atomic mass is 35.5. The summed E-state index contributed by atoms with van der Waals surface area (Å²) in [6, 6.07) is 37.0. The Hall–Kier alpha value is -4.59. The van der Waals surface area contributed by atoms with Crippen molar-refractivity contribution in [3.8, 4) is 0 Å². The minimum atomic E-state index is -3.98. The van der Waals surface area contributed by atoms with Gasteiger partial charge in [-0.15, -0.1) is 0 Å². The monoisotopic (exact) mass is 607 g/mol. The van der Waals surface area contributed by atoms with E-state index in [0.29, 0.717) is 28.6 Å². The Kier molecular flexibility index (Phi) is 7.69. The van der Waals surface area contributed by atoms with Gasteiger partial charge in [-0.25, -0.2) is 8.42 Å². The molecule has 1 aliphatic heterocycles. The van der Waals surface area contributed by atoms with Crippen LogP contribution in [0.25, 0.3) is 0 Å². The van der Waals surface area contributed by atoms with Crippen molar-refractivity contribution >= 4 is 44.6 Å². The van der Waals surface area contributed by atoms with Crippen LogP contribution in [-0.4, -0.2) is 14.3 Å². The van der Waals surface area contributed by atoms with Crippen LogP contribution >= 0.6 is 11.6 Å². The maximum atomic E-state index is 14.5. The third-order valence-corrected chi connectivity index (χ3v) is 9.29. The highest BCUT2D eigenvalue weighted by molar-refractivity contribution is 7.92. The quantitative estimate of drug-likeness (QED) is 0.203. The number of anilines is 3. The lowest BCUT2D eigenvalue weighted by Gasteiger charge is -2.46. The molecule has 5 aromatic rings. The number of hydrogen-bond donors (Lipinski definition) is 1. The third kappa shape index (κ3) is 5.74. The van der Waals surface area contributed by atoms with Crippen molar-refractivity contribution in [1.82, 2.24) is 0 Å². The van der Waals surface area contributed by atoms with Crippen LogP contribution in [-0.2, 0) is 16.6 Å². The first-order valence-corrected chi connectivity index (χ1v) is 15.8. The molecule has 8 heteroatoms. The molecule has 0 aliphatic carbocycles. The Bertz CT molecular complexity index is 1890. The van der Waals surface area contributed by atoms with Gasteiger partial charge >= 0.3 is 0 Å². The molecule has 1 amide bonds. The summed E-state index contributed by atoms with van der Waals surface area (Å²) >= 11 is 6.80. The predicted octanol–water partition coefficient (Wildman–Crippen LogP) is 8.12. The smallest absolute Gasteiger partial charge is 0.262 e. The Balaban J connectivity index is 1.53. The van der Waals surface area contributed by atoms with Crippen LogP contribution < -0.4 is 14.5 Å². The molecule has 1 atom stereocenters. The number of fused-ring (bicyclic) bond motifs is 1. The molecule has 0 fully saturated rings. The number of amides is 1. The molecule has 0 unspecified atom stereocenters. The largest absolute Gasteiger partial charge is 0.342 e. The molecule has 0 bridgehead atoms. The first-order chi connectivity index (χ1) is 20.7. The van der Waals surface area contributed by atoms with E-state index in [1.54, 1.807) is 29.2 Å². The molecule has 0 radical (unpaired) electrons. The van der Waals surface area contributed by atoms with Crippen LogP contribution in [0.15, 0.2) is 126 Å². The Morgan fingerprint density at radius 2 is 1.40 bits per heavy atom. The molecule has 1 N–H and O–H groups in total. The average Bonchev–Trinajstić information content (AvgIpc) is 3.01. The summed E-state index contributed by atoms with van der Waals surface area (Å²) in [6.07, 6.45) is -0.593. The van der Waals surface area contributed by atoms with Crippen molar-refractivity contribution in [3.05, 3.63) is 154 Å². The van der Waals surface area contributed by atoms with Gasteiger partial charge in [-0.1, -0.05) is 95.5 Å². The number of sulfonamides is 1. The lowest BCUT2D eigenvalue weighted by atomic mass is 9.99. The molecule has 6 nitrogen and oxygen atoms in total. The zero-order valence-electron chi connectivity index (χ0n) is 23.7. The van der Waals surface area contributed by atoms with E-state index in [4.69, 9.17) is 11.6 Å². The maximum Gasteiger partial charge on any atom is 0.262 e. The molecule has 5 aromatic carbocycles. The standard InChI is InChI=1S/C35H30ClN3O3S/c1-24-12-16-27(17-13-24)37-43(41,42)29-20-21-33-31(22-29)35(40)39(28-18-14-25(2)15-19-28)34(30-10-6-7-11-32(30)36)38(33)23-26-8-4-3-5-9-26/h3-22,34,37H,23H2,1-2H3/t34-/m0/s1. The zero-order chi connectivity index (χ0) is 30.1. The summed E-state index contributed by atoms with van der Waals surface area (Å²) in [6.45, 7) is 4.37. The first-order valence-electron chi connectivity index (χ1n) is 13.9. The molecule has 0 saturated heterocycles. The first kappa shape index (κ1) is 28.5. The highest BCUT2D eigenvalue weighted by Gasteiger charge is 2.41. The highest BCUT2D eigenvalue weighted by Crippen LogP contribution is 2.44. The average molecular weight is 608 g/mol. The summed E-state index contributed by atoms with van der Waals surface area (Å²) in [5.41, 5.74) is 5.89. The number of nitrogens with one attached hydrogen (secondary N) is 1. The van der Waals surface area contributed by atoms with E-state index >= 15 is 0 Å². The number of halogens is 1. The Morgan fingerprint density at radius 3 is 2.07 bits per heavy atom. The number of rotatable bonds is 7. The van der Waals surface area contributed by atoms with Crippen molar-refractivity contribution in [2.45, 2.75) is 31.5 Å². The predicted molar refractivity (Wildman–Crippen MR) is 173 cm³/mol. The van der Waals surface area contributed by atoms with E-state index in [2.05, 4.69) is 9.62 Å². The molecule has 43 heavy (non-hydrogen) atoms. The normalized spacial score (nSPS) is 14.9. The number of hydrogen-bond acceptors (Lipinski definition) is 4. The van der Waals surface area contributed by atoms with Crippen molar-refractivity contribution in [2.75, 3.05) is 14.5 Å².